The molecule has 2 aromatic rings. The van der Waals surface area contributed by atoms with E-state index in [0.29, 0.717) is 4.34 Å². The number of hydrazine groups is 1. The van der Waals surface area contributed by atoms with Crippen LogP contribution in [0.2, 0.25) is 4.34 Å². The van der Waals surface area contributed by atoms with Crippen LogP contribution in [0.3, 0.4) is 0 Å². The van der Waals surface area contributed by atoms with Crippen LogP contribution in [0.25, 0.3) is 0 Å². The van der Waals surface area contributed by atoms with Crippen molar-refractivity contribution < 1.29 is 22.3 Å². The van der Waals surface area contributed by atoms with Gasteiger partial charge in [0.25, 0.3) is 15.9 Å². The number of hydrogen-bond acceptors (Lipinski definition) is 5. The normalized spacial score (nSPS) is 12.7. The van der Waals surface area contributed by atoms with E-state index in [-0.39, 0.29) is 9.96 Å². The molecule has 124 valence electrons. The standard InChI is InChI=1S/C13H12ClFN2O4S2/c1-8(21-10-4-2-9(15)3-5-10)13(18)16-17-23(19,20)12-7-6-11(14)22-12/h2-8,17H,1H3,(H,16,18)/t8-/m0/s1. The smallest absolute Gasteiger partial charge is 0.275 e. The van der Waals surface area contributed by atoms with E-state index in [2.05, 4.69) is 0 Å². The average molecular weight is 379 g/mol. The number of carbonyl (C=O) groups is 1. The van der Waals surface area contributed by atoms with Crippen LogP contribution < -0.4 is 15.0 Å². The molecule has 0 saturated carbocycles. The lowest BCUT2D eigenvalue weighted by atomic mass is 10.3. The van der Waals surface area contributed by atoms with Crippen LogP contribution in [0, 0.1) is 5.82 Å². The van der Waals surface area contributed by atoms with Gasteiger partial charge in [-0.25, -0.2) is 12.8 Å². The van der Waals surface area contributed by atoms with Crippen molar-refractivity contribution in [3.05, 3.63) is 46.6 Å². The van der Waals surface area contributed by atoms with E-state index < -0.39 is 27.9 Å². The second-order valence-electron chi connectivity index (χ2n) is 4.37. The van der Waals surface area contributed by atoms with Crippen molar-refractivity contribution in [1.82, 2.24) is 10.3 Å². The number of nitrogens with one attached hydrogen (secondary N) is 2. The molecule has 1 amide bonds. The van der Waals surface area contributed by atoms with Gasteiger partial charge in [-0.2, -0.15) is 0 Å². The van der Waals surface area contributed by atoms with Gasteiger partial charge in [0.15, 0.2) is 6.10 Å². The van der Waals surface area contributed by atoms with Crippen molar-refractivity contribution in [2.75, 3.05) is 0 Å². The number of carbonyl (C=O) groups excluding carboxylic acids is 1. The zero-order chi connectivity index (χ0) is 17.0. The predicted molar refractivity (Wildman–Crippen MR) is 84.3 cm³/mol. The number of rotatable bonds is 6. The Kier molecular flexibility index (Phi) is 5.58. The molecule has 0 unspecified atom stereocenters. The van der Waals surface area contributed by atoms with Gasteiger partial charge < -0.3 is 4.74 Å². The highest BCUT2D eigenvalue weighted by Gasteiger charge is 2.20. The quantitative estimate of drug-likeness (QED) is 0.755. The molecule has 10 heteroatoms. The summed E-state index contributed by atoms with van der Waals surface area (Å²) >= 11 is 6.53. The molecule has 1 atom stereocenters. The summed E-state index contributed by atoms with van der Waals surface area (Å²) < 4.78 is 42.2. The third kappa shape index (κ3) is 4.90. The first-order valence-corrected chi connectivity index (χ1v) is 8.95. The van der Waals surface area contributed by atoms with E-state index in [1.807, 2.05) is 10.3 Å². The molecule has 1 heterocycles. The number of hydrogen-bond donors (Lipinski definition) is 2. The summed E-state index contributed by atoms with van der Waals surface area (Å²) in [6.45, 7) is 1.43. The average Bonchev–Trinajstić information content (AvgIpc) is 2.94. The Morgan fingerprint density at radius 3 is 2.48 bits per heavy atom. The summed E-state index contributed by atoms with van der Waals surface area (Å²) in [4.78, 5) is 13.8. The fourth-order valence-corrected chi connectivity index (χ4v) is 3.81. The van der Waals surface area contributed by atoms with E-state index in [4.69, 9.17) is 16.3 Å². The molecule has 0 spiro atoms. The third-order valence-electron chi connectivity index (χ3n) is 2.62. The molecule has 2 N–H and O–H groups in total. The van der Waals surface area contributed by atoms with Crippen LogP contribution in [-0.2, 0) is 14.8 Å². The SMILES string of the molecule is C[C@H](Oc1ccc(F)cc1)C(=O)NNS(=O)(=O)c1ccc(Cl)s1. The number of ether oxygens (including phenoxy) is 1. The molecule has 0 aliphatic rings. The topological polar surface area (TPSA) is 84.5 Å². The van der Waals surface area contributed by atoms with Gasteiger partial charge in [0.2, 0.25) is 0 Å². The van der Waals surface area contributed by atoms with Gasteiger partial charge in [0.05, 0.1) is 4.34 Å². The molecule has 0 aliphatic heterocycles. The predicted octanol–water partition coefficient (Wildman–Crippen LogP) is 2.32. The Bertz CT molecular complexity index is 793. The Morgan fingerprint density at radius 2 is 1.91 bits per heavy atom. The minimum Gasteiger partial charge on any atom is -0.481 e. The van der Waals surface area contributed by atoms with Gasteiger partial charge in [0.1, 0.15) is 15.8 Å². The minimum absolute atomic E-state index is 0.0325. The Balaban J connectivity index is 1.92. The van der Waals surface area contributed by atoms with E-state index in [0.717, 1.165) is 11.3 Å². The van der Waals surface area contributed by atoms with Crippen LogP contribution >= 0.6 is 22.9 Å². The Labute approximate surface area is 141 Å². The molecule has 2 rings (SSSR count). The minimum atomic E-state index is -3.90. The maximum atomic E-state index is 12.8. The summed E-state index contributed by atoms with van der Waals surface area (Å²) in [5.74, 6) is -0.862. The summed E-state index contributed by atoms with van der Waals surface area (Å²) in [7, 11) is -3.90. The zero-order valence-corrected chi connectivity index (χ0v) is 14.1. The van der Waals surface area contributed by atoms with Gasteiger partial charge in [-0.3, -0.25) is 10.2 Å². The van der Waals surface area contributed by atoms with Crippen molar-refractivity contribution in [2.24, 2.45) is 0 Å². The highest BCUT2D eigenvalue weighted by atomic mass is 35.5. The van der Waals surface area contributed by atoms with Gasteiger partial charge in [0, 0.05) is 0 Å². The lowest BCUT2D eigenvalue weighted by molar-refractivity contribution is -0.127. The van der Waals surface area contributed by atoms with Gasteiger partial charge >= 0.3 is 0 Å². The lowest BCUT2D eigenvalue weighted by Gasteiger charge is -2.14. The largest absolute Gasteiger partial charge is 0.481 e. The fourth-order valence-electron chi connectivity index (χ4n) is 1.48. The van der Waals surface area contributed by atoms with Crippen LogP contribution in [0.1, 0.15) is 6.92 Å². The van der Waals surface area contributed by atoms with Crippen LogP contribution in [0.4, 0.5) is 4.39 Å². The number of thiophene rings is 1. The molecule has 0 fully saturated rings. The first-order chi connectivity index (χ1) is 10.8. The number of sulfonamides is 1. The summed E-state index contributed by atoms with van der Waals surface area (Å²) in [5.41, 5.74) is 2.05. The Morgan fingerprint density at radius 1 is 1.26 bits per heavy atom. The van der Waals surface area contributed by atoms with Crippen molar-refractivity contribution in [3.8, 4) is 5.75 Å². The molecule has 0 radical (unpaired) electrons. The van der Waals surface area contributed by atoms with Gasteiger partial charge in [-0.15, -0.1) is 16.2 Å². The molecule has 0 aliphatic carbocycles. The number of benzene rings is 1. The van der Waals surface area contributed by atoms with Crippen molar-refractivity contribution in [2.45, 2.75) is 17.2 Å². The fraction of sp³-hybridized carbons (Fsp3) is 0.154. The van der Waals surface area contributed by atoms with E-state index in [1.165, 1.54) is 43.3 Å². The van der Waals surface area contributed by atoms with Crippen molar-refractivity contribution >= 4 is 38.9 Å². The van der Waals surface area contributed by atoms with E-state index in [9.17, 15) is 17.6 Å². The molecule has 1 aromatic heterocycles. The van der Waals surface area contributed by atoms with Crippen molar-refractivity contribution in [1.29, 1.82) is 0 Å². The molecule has 0 bridgehead atoms. The molecule has 0 saturated heterocycles. The van der Waals surface area contributed by atoms with Crippen molar-refractivity contribution in [3.63, 3.8) is 0 Å². The van der Waals surface area contributed by atoms with Crippen LogP contribution in [0.15, 0.2) is 40.6 Å². The molecular formula is C13H12ClFN2O4S2. The highest BCUT2D eigenvalue weighted by molar-refractivity contribution is 7.91. The summed E-state index contributed by atoms with van der Waals surface area (Å²) in [5, 5.41) is 0. The maximum Gasteiger partial charge on any atom is 0.275 e. The monoisotopic (exact) mass is 378 g/mol. The third-order valence-corrected chi connectivity index (χ3v) is 5.59. The summed E-state index contributed by atoms with van der Waals surface area (Å²) in [6, 6.07) is 7.84. The molecule has 6 nitrogen and oxygen atoms in total. The van der Waals surface area contributed by atoms with Gasteiger partial charge in [-0.1, -0.05) is 11.6 Å². The van der Waals surface area contributed by atoms with Crippen LogP contribution in [0.5, 0.6) is 5.75 Å². The van der Waals surface area contributed by atoms with E-state index in [1.54, 1.807) is 0 Å². The number of amides is 1. The summed E-state index contributed by atoms with van der Waals surface area (Å²) in [6.07, 6.45) is -0.991. The first kappa shape index (κ1) is 17.7. The maximum absolute atomic E-state index is 12.8. The Hall–Kier alpha value is -1.68. The second kappa shape index (κ2) is 7.26. The molecular weight excluding hydrogens is 367 g/mol. The molecule has 23 heavy (non-hydrogen) atoms. The second-order valence-corrected chi connectivity index (χ2v) is 7.99. The lowest BCUT2D eigenvalue weighted by Crippen LogP contribution is -2.46. The van der Waals surface area contributed by atoms with Gasteiger partial charge in [-0.05, 0) is 43.3 Å². The zero-order valence-electron chi connectivity index (χ0n) is 11.7. The van der Waals surface area contributed by atoms with Crippen LogP contribution in [-0.4, -0.2) is 20.4 Å². The van der Waals surface area contributed by atoms with E-state index >= 15 is 0 Å². The first-order valence-electron chi connectivity index (χ1n) is 6.27. The highest BCUT2D eigenvalue weighted by Crippen LogP contribution is 2.24. The molecule has 1 aromatic carbocycles. The number of halogens is 2.